The third-order valence-electron chi connectivity index (χ3n) is 4.13. The minimum atomic E-state index is -3.44. The quantitative estimate of drug-likeness (QED) is 0.246. The van der Waals surface area contributed by atoms with Crippen molar-refractivity contribution in [1.82, 2.24) is 24.7 Å². The molecule has 1 saturated heterocycles. The van der Waals surface area contributed by atoms with Crippen LogP contribution >= 0.6 is 35.3 Å². The summed E-state index contributed by atoms with van der Waals surface area (Å²) in [7, 11) is 0.149. The van der Waals surface area contributed by atoms with Crippen molar-refractivity contribution in [1.29, 1.82) is 0 Å². The minimum absolute atomic E-state index is 0. The van der Waals surface area contributed by atoms with Gasteiger partial charge in [0.05, 0.1) is 19.3 Å². The molecule has 2 N–H and O–H groups in total. The Labute approximate surface area is 186 Å². The standard InChI is InChI=1S/C16H24N6O3S2.HI/c1-17-16(18-5-6-20-27(23,24)15-4-3-9-26-15)22-7-8-25-14(12-22)13-10-19-21(2)11-13;/h3-4,9-11,14,20H,5-8,12H2,1-2H3,(H,17,18);1H. The first-order valence-electron chi connectivity index (χ1n) is 8.58. The molecule has 9 nitrogen and oxygen atoms in total. The monoisotopic (exact) mass is 540 g/mol. The molecule has 2 aromatic rings. The highest BCUT2D eigenvalue weighted by atomic mass is 127. The van der Waals surface area contributed by atoms with Gasteiger partial charge in [-0.05, 0) is 11.4 Å². The van der Waals surface area contributed by atoms with Crippen molar-refractivity contribution in [2.45, 2.75) is 10.3 Å². The van der Waals surface area contributed by atoms with Gasteiger partial charge in [0.25, 0.3) is 0 Å². The second kappa shape index (κ2) is 10.5. The number of morpholine rings is 1. The molecule has 0 aromatic carbocycles. The lowest BCUT2D eigenvalue weighted by molar-refractivity contribution is -0.00800. The van der Waals surface area contributed by atoms with Crippen LogP contribution in [0.1, 0.15) is 11.7 Å². The number of nitrogens with zero attached hydrogens (tertiary/aromatic N) is 4. The molecule has 0 aliphatic carbocycles. The molecular formula is C16H25IN6O3S2. The number of rotatable bonds is 6. The van der Waals surface area contributed by atoms with Crippen LogP contribution in [-0.4, -0.2) is 68.9 Å². The molecule has 0 bridgehead atoms. The first-order chi connectivity index (χ1) is 13.0. The second-order valence-electron chi connectivity index (χ2n) is 6.06. The number of halogens is 1. The van der Waals surface area contributed by atoms with Crippen LogP contribution in [0.3, 0.4) is 0 Å². The van der Waals surface area contributed by atoms with E-state index < -0.39 is 10.0 Å². The van der Waals surface area contributed by atoms with Crippen molar-refractivity contribution >= 4 is 51.3 Å². The van der Waals surface area contributed by atoms with E-state index in [1.807, 2.05) is 19.4 Å². The fraction of sp³-hybridized carbons (Fsp3) is 0.500. The van der Waals surface area contributed by atoms with E-state index in [9.17, 15) is 8.42 Å². The van der Waals surface area contributed by atoms with Crippen LogP contribution in [-0.2, 0) is 21.8 Å². The molecular weight excluding hydrogens is 515 g/mol. The van der Waals surface area contributed by atoms with E-state index in [0.717, 1.165) is 18.1 Å². The first kappa shape index (κ1) is 23.1. The number of aromatic nitrogens is 2. The maximum atomic E-state index is 12.1. The fourth-order valence-corrected chi connectivity index (χ4v) is 4.90. The van der Waals surface area contributed by atoms with E-state index in [1.165, 1.54) is 11.3 Å². The fourth-order valence-electron chi connectivity index (χ4n) is 2.83. The first-order valence-corrected chi connectivity index (χ1v) is 10.9. The second-order valence-corrected chi connectivity index (χ2v) is 9.00. The highest BCUT2D eigenvalue weighted by Crippen LogP contribution is 2.21. The summed E-state index contributed by atoms with van der Waals surface area (Å²) in [4.78, 5) is 6.41. The Kier molecular flexibility index (Phi) is 8.67. The molecule has 3 heterocycles. The Morgan fingerprint density at radius 2 is 2.29 bits per heavy atom. The lowest BCUT2D eigenvalue weighted by Crippen LogP contribution is -2.49. The van der Waals surface area contributed by atoms with Crippen LogP contribution in [0.5, 0.6) is 0 Å². The molecule has 1 aliphatic heterocycles. The lowest BCUT2D eigenvalue weighted by Gasteiger charge is -2.34. The van der Waals surface area contributed by atoms with E-state index in [4.69, 9.17) is 4.74 Å². The number of aryl methyl sites for hydroxylation is 1. The highest BCUT2D eigenvalue weighted by Gasteiger charge is 2.25. The van der Waals surface area contributed by atoms with Gasteiger partial charge in [-0.15, -0.1) is 35.3 Å². The molecule has 28 heavy (non-hydrogen) atoms. The number of nitrogens with one attached hydrogen (secondary N) is 2. The molecule has 0 radical (unpaired) electrons. The van der Waals surface area contributed by atoms with E-state index >= 15 is 0 Å². The van der Waals surface area contributed by atoms with Crippen molar-refractivity contribution in [3.63, 3.8) is 0 Å². The molecule has 2 aromatic heterocycles. The van der Waals surface area contributed by atoms with Gasteiger partial charge in [0.15, 0.2) is 5.96 Å². The Bertz CT molecular complexity index is 869. The normalized spacial score (nSPS) is 18.0. The van der Waals surface area contributed by atoms with Gasteiger partial charge in [0.1, 0.15) is 10.3 Å². The number of thiophene rings is 1. The van der Waals surface area contributed by atoms with Crippen molar-refractivity contribution in [3.8, 4) is 0 Å². The van der Waals surface area contributed by atoms with Crippen molar-refractivity contribution in [2.24, 2.45) is 12.0 Å². The summed E-state index contributed by atoms with van der Waals surface area (Å²) in [6.07, 6.45) is 3.69. The van der Waals surface area contributed by atoms with Crippen LogP contribution in [0.25, 0.3) is 0 Å². The number of hydrogen-bond donors (Lipinski definition) is 2. The summed E-state index contributed by atoms with van der Waals surface area (Å²) < 4.78 is 34.7. The van der Waals surface area contributed by atoms with E-state index in [0.29, 0.717) is 23.9 Å². The largest absolute Gasteiger partial charge is 0.370 e. The Balaban J connectivity index is 0.00000280. The summed E-state index contributed by atoms with van der Waals surface area (Å²) in [6, 6.07) is 3.31. The van der Waals surface area contributed by atoms with Crippen molar-refractivity contribution < 1.29 is 13.2 Å². The molecule has 156 valence electrons. The van der Waals surface area contributed by atoms with Crippen LogP contribution in [0.2, 0.25) is 0 Å². The van der Waals surface area contributed by atoms with Crippen LogP contribution < -0.4 is 10.0 Å². The molecule has 1 unspecified atom stereocenters. The van der Waals surface area contributed by atoms with Gasteiger partial charge in [-0.25, -0.2) is 13.1 Å². The van der Waals surface area contributed by atoms with Crippen LogP contribution in [0.4, 0.5) is 0 Å². The molecule has 1 fully saturated rings. The molecule has 1 aliphatic rings. The molecule has 1 atom stereocenters. The van der Waals surface area contributed by atoms with Gasteiger partial charge in [-0.3, -0.25) is 9.67 Å². The Morgan fingerprint density at radius 3 is 2.93 bits per heavy atom. The predicted molar refractivity (Wildman–Crippen MR) is 120 cm³/mol. The van der Waals surface area contributed by atoms with Gasteiger partial charge in [0.2, 0.25) is 10.0 Å². The summed E-state index contributed by atoms with van der Waals surface area (Å²) in [5, 5.41) is 9.15. The third kappa shape index (κ3) is 5.89. The zero-order valence-electron chi connectivity index (χ0n) is 15.7. The van der Waals surface area contributed by atoms with E-state index in [2.05, 4.69) is 25.0 Å². The van der Waals surface area contributed by atoms with Crippen molar-refractivity contribution in [3.05, 3.63) is 35.5 Å². The summed E-state index contributed by atoms with van der Waals surface area (Å²) in [5.74, 6) is 0.725. The maximum absolute atomic E-state index is 12.1. The smallest absolute Gasteiger partial charge is 0.250 e. The molecule has 0 spiro atoms. The van der Waals surface area contributed by atoms with E-state index in [-0.39, 0.29) is 36.6 Å². The lowest BCUT2D eigenvalue weighted by atomic mass is 10.1. The summed E-state index contributed by atoms with van der Waals surface area (Å²) in [6.45, 7) is 2.68. The summed E-state index contributed by atoms with van der Waals surface area (Å²) in [5.41, 5.74) is 1.03. The van der Waals surface area contributed by atoms with Gasteiger partial charge >= 0.3 is 0 Å². The number of hydrogen-bond acceptors (Lipinski definition) is 6. The average Bonchev–Trinajstić information content (AvgIpc) is 3.34. The topological polar surface area (TPSA) is 101 Å². The molecule has 3 rings (SSSR count). The Hall–Kier alpha value is -1.22. The Morgan fingerprint density at radius 1 is 1.46 bits per heavy atom. The maximum Gasteiger partial charge on any atom is 0.250 e. The van der Waals surface area contributed by atoms with Gasteiger partial charge in [-0.2, -0.15) is 5.10 Å². The number of guanidine groups is 1. The predicted octanol–water partition coefficient (Wildman–Crippen LogP) is 1.03. The highest BCUT2D eigenvalue weighted by molar-refractivity contribution is 14.0. The van der Waals surface area contributed by atoms with Gasteiger partial charge in [0, 0.05) is 45.5 Å². The van der Waals surface area contributed by atoms with Crippen LogP contribution in [0.15, 0.2) is 39.1 Å². The van der Waals surface area contributed by atoms with Crippen molar-refractivity contribution in [2.75, 3.05) is 39.8 Å². The zero-order chi connectivity index (χ0) is 19.3. The molecule has 0 saturated carbocycles. The zero-order valence-corrected chi connectivity index (χ0v) is 19.7. The molecule has 12 heteroatoms. The number of aliphatic imine (C=N–C) groups is 1. The van der Waals surface area contributed by atoms with Gasteiger partial charge < -0.3 is 15.0 Å². The number of ether oxygens (including phenoxy) is 1. The molecule has 0 amide bonds. The van der Waals surface area contributed by atoms with Gasteiger partial charge in [-0.1, -0.05) is 6.07 Å². The number of sulfonamides is 1. The minimum Gasteiger partial charge on any atom is -0.370 e. The third-order valence-corrected chi connectivity index (χ3v) is 6.99. The summed E-state index contributed by atoms with van der Waals surface area (Å²) >= 11 is 1.20. The average molecular weight is 540 g/mol. The van der Waals surface area contributed by atoms with Crippen LogP contribution in [0, 0.1) is 0 Å². The SMILES string of the molecule is CN=C(NCCNS(=O)(=O)c1cccs1)N1CCOC(c2cnn(C)c2)C1.I. The van der Waals surface area contributed by atoms with E-state index in [1.54, 1.807) is 29.2 Å².